The third-order valence-corrected chi connectivity index (χ3v) is 16.7. The van der Waals surface area contributed by atoms with E-state index in [9.17, 15) is 62.3 Å². The zero-order valence-corrected chi connectivity index (χ0v) is 63.0. The lowest BCUT2D eigenvalue weighted by molar-refractivity contribution is -0.199. The first-order valence-corrected chi connectivity index (χ1v) is 35.8. The highest BCUT2D eigenvalue weighted by Crippen LogP contribution is 2.28. The van der Waals surface area contributed by atoms with Crippen LogP contribution < -0.4 is 10.6 Å². The van der Waals surface area contributed by atoms with E-state index in [4.69, 9.17) is 56.9 Å². The summed E-state index contributed by atoms with van der Waals surface area (Å²) in [5, 5.41) is 6.59. The monoisotopic (exact) mass is 1510 g/mol. The van der Waals surface area contributed by atoms with E-state index in [2.05, 4.69) is 10.6 Å². The van der Waals surface area contributed by atoms with E-state index in [0.29, 0.717) is 6.42 Å². The number of hydrogen-bond donors (Lipinski definition) is 2. The Hall–Kier alpha value is -10.2. The summed E-state index contributed by atoms with van der Waals surface area (Å²) in [4.78, 5) is 185. The molecule has 10 atom stereocenters. The minimum absolute atomic E-state index is 0.00278. The molecule has 1 heterocycles. The van der Waals surface area contributed by atoms with Crippen LogP contribution in [0.4, 0.5) is 0 Å². The van der Waals surface area contributed by atoms with Crippen molar-refractivity contribution in [3.8, 4) is 0 Å². The van der Waals surface area contributed by atoms with Crippen LogP contribution in [-0.4, -0.2) is 231 Å². The van der Waals surface area contributed by atoms with Crippen molar-refractivity contribution in [1.82, 2.24) is 30.4 Å². The van der Waals surface area contributed by atoms with Gasteiger partial charge in [0, 0.05) is 114 Å². The summed E-state index contributed by atoms with van der Waals surface area (Å²) in [6, 6.07) is 37.1. The summed E-state index contributed by atoms with van der Waals surface area (Å²) >= 11 is 0. The lowest BCUT2D eigenvalue weighted by atomic mass is 9.96. The molecule has 1 fully saturated rings. The molecule has 0 aliphatic carbocycles. The third kappa shape index (κ3) is 32.9. The molecule has 0 bridgehead atoms. The highest BCUT2D eigenvalue weighted by atomic mass is 16.7. The number of benzene rings is 4. The molecule has 31 heteroatoms. The van der Waals surface area contributed by atoms with Crippen molar-refractivity contribution in [3.63, 3.8) is 0 Å². The molecule has 10 unspecified atom stereocenters. The second-order valence-electron chi connectivity index (χ2n) is 25.5. The van der Waals surface area contributed by atoms with Gasteiger partial charge in [0.1, 0.15) is 32.0 Å². The normalized spacial score (nSPS) is 16.0. The maximum absolute atomic E-state index is 14.5. The fraction of sp³-hybridized carbons (Fsp3) is 0.519. The Kier molecular flexibility index (Phi) is 38.9. The Morgan fingerprint density at radius 1 is 0.435 bits per heavy atom. The van der Waals surface area contributed by atoms with Gasteiger partial charge in [0.15, 0.2) is 24.4 Å². The van der Waals surface area contributed by atoms with Gasteiger partial charge < -0.3 is 62.7 Å². The molecule has 108 heavy (non-hydrogen) atoms. The average molecular weight is 1510 g/mol. The summed E-state index contributed by atoms with van der Waals surface area (Å²) in [5.41, 5.74) is 3.22. The minimum Gasteiger partial charge on any atom is -0.460 e. The van der Waals surface area contributed by atoms with Crippen LogP contribution in [0.1, 0.15) is 117 Å². The van der Waals surface area contributed by atoms with Crippen LogP contribution in [0, 0.1) is 5.92 Å². The zero-order valence-electron chi connectivity index (χ0n) is 63.0. The van der Waals surface area contributed by atoms with Gasteiger partial charge in [-0.15, -0.1) is 0 Å². The van der Waals surface area contributed by atoms with Crippen molar-refractivity contribution in [2.24, 2.45) is 5.92 Å². The topological polar surface area (TPSA) is 370 Å². The summed E-state index contributed by atoms with van der Waals surface area (Å²) in [5.74, 6) is -12.0. The quantitative estimate of drug-likeness (QED) is 0.0259. The zero-order chi connectivity index (χ0) is 79.1. The van der Waals surface area contributed by atoms with Crippen LogP contribution in [0.15, 0.2) is 121 Å². The average Bonchev–Trinajstić information content (AvgIpc) is 1.32. The highest BCUT2D eigenvalue weighted by Gasteiger charge is 2.48. The number of carbonyl (C=O) groups is 13. The Morgan fingerprint density at radius 2 is 0.806 bits per heavy atom. The van der Waals surface area contributed by atoms with Gasteiger partial charge >= 0.3 is 65.7 Å². The molecule has 31 nitrogen and oxygen atoms in total. The largest absolute Gasteiger partial charge is 0.460 e. The van der Waals surface area contributed by atoms with E-state index in [1.807, 2.05) is 136 Å². The van der Waals surface area contributed by atoms with Crippen molar-refractivity contribution in [2.45, 2.75) is 176 Å². The molecule has 2 amide bonds. The number of rotatable bonds is 45. The first-order valence-electron chi connectivity index (χ1n) is 35.8. The molecule has 1 saturated heterocycles. The number of nitrogens with one attached hydrogen (secondary N) is 2. The van der Waals surface area contributed by atoms with Crippen molar-refractivity contribution in [3.05, 3.63) is 144 Å². The van der Waals surface area contributed by atoms with Gasteiger partial charge in [-0.25, -0.2) is 0 Å². The molecule has 590 valence electrons. The molecule has 4 aromatic rings. The Morgan fingerprint density at radius 3 is 1.19 bits per heavy atom. The van der Waals surface area contributed by atoms with Crippen molar-refractivity contribution in [1.29, 1.82) is 0 Å². The van der Waals surface area contributed by atoms with E-state index < -0.39 is 138 Å². The SMILES string of the molecule is CCC(OC(C)=O)C(OC(C)=O)C(OC(C)=O)C(OC(C)=O)C(=O)NCCN(CCNC(=O)C(OC(C)=O)C(OC(C)=O)C(OC(C)=O)C(CC)OC(C)=O)OCCCC1CN(CC(=O)OCc2ccccc2)CCN(CC(=O)OCc2ccccc2)C1N(CCc1ccccc1)CC(=O)OCc1ccccc1. The van der Waals surface area contributed by atoms with Gasteiger partial charge in [0.25, 0.3) is 11.8 Å². The standard InChI is InChI=1S/C77H102N6O25/c1-11-64(101-51(3)84)69(103-53(5)86)71(105-55(7)88)73(107-57(9)90)75(95)78-36-39-83(40-37-79-76(96)74(108-58(10)91)72(106-56(8)89)70(104-54(6)87)65(12-2)102-52(4)85)100-43-25-34-63-44-80(45-66(92)97-48-60-28-19-14-20-29-60)41-42-82(47-68(94)99-50-62-32-23-16-24-33-62)77(63)81(38-35-59-26-17-13-18-27-59)46-67(93)98-49-61-30-21-15-22-31-61/h13-24,26-33,63-65,69-74,77H,11-12,25,34-50H2,1-10H3,(H,78,95)(H,79,96). The minimum atomic E-state index is -2.05. The van der Waals surface area contributed by atoms with Crippen LogP contribution in [-0.2, 0) is 146 Å². The number of amides is 2. The van der Waals surface area contributed by atoms with E-state index >= 15 is 0 Å². The molecule has 0 aromatic heterocycles. The first kappa shape index (κ1) is 88.4. The van der Waals surface area contributed by atoms with Gasteiger partial charge in [-0.3, -0.25) is 81.9 Å². The molecule has 0 radical (unpaired) electrons. The number of carbonyl (C=O) groups excluding carboxylic acids is 13. The van der Waals surface area contributed by atoms with E-state index in [0.717, 1.165) is 77.6 Å². The van der Waals surface area contributed by atoms with Crippen LogP contribution in [0.5, 0.6) is 0 Å². The number of esters is 11. The Bertz CT molecular complexity index is 3440. The van der Waals surface area contributed by atoms with Crippen LogP contribution in [0.2, 0.25) is 0 Å². The van der Waals surface area contributed by atoms with Crippen molar-refractivity contribution < 1.29 is 119 Å². The molecule has 0 saturated carbocycles. The van der Waals surface area contributed by atoms with Gasteiger partial charge in [0.2, 0.25) is 12.2 Å². The molecule has 5 rings (SSSR count). The second-order valence-corrected chi connectivity index (χ2v) is 25.5. The fourth-order valence-corrected chi connectivity index (χ4v) is 12.1. The number of hydroxylamine groups is 2. The molecule has 4 aromatic carbocycles. The molecule has 2 N–H and O–H groups in total. The smallest absolute Gasteiger partial charge is 0.320 e. The van der Waals surface area contributed by atoms with Crippen LogP contribution in [0.3, 0.4) is 0 Å². The van der Waals surface area contributed by atoms with E-state index in [1.54, 1.807) is 13.8 Å². The van der Waals surface area contributed by atoms with Crippen LogP contribution in [0.25, 0.3) is 0 Å². The van der Waals surface area contributed by atoms with Crippen molar-refractivity contribution >= 4 is 77.5 Å². The van der Waals surface area contributed by atoms with Crippen molar-refractivity contribution in [2.75, 3.05) is 78.6 Å². The third-order valence-electron chi connectivity index (χ3n) is 16.7. The summed E-state index contributed by atoms with van der Waals surface area (Å²) in [6.07, 6.45) is -13.9. The molecule has 0 spiro atoms. The molecule has 1 aliphatic heterocycles. The van der Waals surface area contributed by atoms with E-state index in [-0.39, 0.29) is 124 Å². The predicted molar refractivity (Wildman–Crippen MR) is 384 cm³/mol. The maximum atomic E-state index is 14.5. The Labute approximate surface area is 628 Å². The predicted octanol–water partition coefficient (Wildman–Crippen LogP) is 4.84. The van der Waals surface area contributed by atoms with Gasteiger partial charge in [-0.05, 0) is 54.4 Å². The molecule has 1 aliphatic rings. The van der Waals surface area contributed by atoms with Gasteiger partial charge in [0.05, 0.1) is 32.4 Å². The maximum Gasteiger partial charge on any atom is 0.320 e. The number of nitrogens with zero attached hydrogens (tertiary/aromatic N) is 4. The summed E-state index contributed by atoms with van der Waals surface area (Å²) in [6.45, 7) is 9.95. The van der Waals surface area contributed by atoms with Gasteiger partial charge in [-0.2, -0.15) is 5.06 Å². The number of hydrogen-bond acceptors (Lipinski definition) is 29. The lowest BCUT2D eigenvalue weighted by Crippen LogP contribution is -2.57. The highest BCUT2D eigenvalue weighted by molar-refractivity contribution is 5.86. The van der Waals surface area contributed by atoms with Gasteiger partial charge in [-0.1, -0.05) is 135 Å². The van der Waals surface area contributed by atoms with Crippen LogP contribution >= 0.6 is 0 Å². The molecular weight excluding hydrogens is 1410 g/mol. The molecular formula is C77H102N6O25. The second kappa shape index (κ2) is 47.5. The first-order chi connectivity index (χ1) is 51.6. The summed E-state index contributed by atoms with van der Waals surface area (Å²) in [7, 11) is 0. The Balaban J connectivity index is 1.58. The lowest BCUT2D eigenvalue weighted by Gasteiger charge is -2.42. The number of ether oxygens (including phenoxy) is 11. The van der Waals surface area contributed by atoms with E-state index in [1.165, 1.54) is 5.06 Å². The summed E-state index contributed by atoms with van der Waals surface area (Å²) < 4.78 is 61.6. The fourth-order valence-electron chi connectivity index (χ4n) is 12.1.